The molecule has 2 aliphatic carbocycles. The molecule has 6 nitrogen and oxygen atoms in total. The first kappa shape index (κ1) is 22.9. The molecule has 1 unspecified atom stereocenters. The highest BCUT2D eigenvalue weighted by Crippen LogP contribution is 2.33. The molecule has 0 saturated heterocycles. The van der Waals surface area contributed by atoms with E-state index >= 15 is 0 Å². The van der Waals surface area contributed by atoms with Crippen LogP contribution < -0.4 is 16.0 Å². The monoisotopic (exact) mass is 403 g/mol. The fraction of sp³-hybridized carbons (Fsp3) is 0.722. The zero-order valence-electron chi connectivity index (χ0n) is 15.8. The smallest absolute Gasteiger partial charge is 0.240 e. The lowest BCUT2D eigenvalue weighted by atomic mass is 9.95. The maximum atomic E-state index is 12.1. The van der Waals surface area contributed by atoms with E-state index in [0.29, 0.717) is 6.04 Å². The zero-order chi connectivity index (χ0) is 17.3. The molecule has 0 radical (unpaired) electrons. The van der Waals surface area contributed by atoms with Gasteiger partial charge in [0.2, 0.25) is 11.9 Å². The van der Waals surface area contributed by atoms with Gasteiger partial charge in [-0.1, -0.05) is 19.3 Å². The van der Waals surface area contributed by atoms with Crippen LogP contribution in [0.15, 0.2) is 6.20 Å². The zero-order valence-corrected chi connectivity index (χ0v) is 17.5. The number of amides is 1. The van der Waals surface area contributed by atoms with Gasteiger partial charge < -0.3 is 16.0 Å². The summed E-state index contributed by atoms with van der Waals surface area (Å²) in [6, 6.07) is 0.403. The third-order valence-electron chi connectivity index (χ3n) is 5.50. The number of hydrogen-bond acceptors (Lipinski definition) is 5. The van der Waals surface area contributed by atoms with Gasteiger partial charge in [-0.05, 0) is 39.5 Å². The molecule has 1 aromatic heterocycles. The summed E-state index contributed by atoms with van der Waals surface area (Å²) in [7, 11) is 2.08. The first-order valence-corrected chi connectivity index (χ1v) is 9.07. The molecule has 2 fully saturated rings. The molecule has 8 heteroatoms. The van der Waals surface area contributed by atoms with Gasteiger partial charge in [0.15, 0.2) is 0 Å². The van der Waals surface area contributed by atoms with Gasteiger partial charge in [0.25, 0.3) is 0 Å². The van der Waals surface area contributed by atoms with Gasteiger partial charge in [-0.2, -0.15) is 0 Å². The van der Waals surface area contributed by atoms with Crippen molar-refractivity contribution < 1.29 is 4.79 Å². The molecule has 0 aliphatic heterocycles. The summed E-state index contributed by atoms with van der Waals surface area (Å²) in [5.41, 5.74) is 7.17. The lowest BCUT2D eigenvalue weighted by molar-refractivity contribution is -0.123. The van der Waals surface area contributed by atoms with Crippen molar-refractivity contribution in [3.05, 3.63) is 17.5 Å². The quantitative estimate of drug-likeness (QED) is 0.788. The van der Waals surface area contributed by atoms with Crippen LogP contribution in [0.2, 0.25) is 0 Å². The third kappa shape index (κ3) is 4.99. The summed E-state index contributed by atoms with van der Waals surface area (Å²) in [6.45, 7) is 3.94. The molecule has 0 spiro atoms. The number of anilines is 1. The average Bonchev–Trinajstić information content (AvgIpc) is 3.33. The summed E-state index contributed by atoms with van der Waals surface area (Å²) in [6.07, 6.45) is 9.72. The fourth-order valence-corrected chi connectivity index (χ4v) is 3.47. The molecule has 2 saturated carbocycles. The topological polar surface area (TPSA) is 84.1 Å². The lowest BCUT2D eigenvalue weighted by Gasteiger charge is -2.31. The van der Waals surface area contributed by atoms with Crippen LogP contribution in [0.25, 0.3) is 0 Å². The Bertz CT molecular complexity index is 618. The summed E-state index contributed by atoms with van der Waals surface area (Å²) in [4.78, 5) is 23.6. The Hall–Kier alpha value is -1.11. The standard InChI is InChI=1S/C18H29N5O.2ClH/c1-12(21-16(24)18(19)9-10-18)15-11-20-17(22-13(15)2)23(3)14-7-5-4-6-8-14;;/h11-12,14H,4-10,19H2,1-3H3,(H,21,24);2*1H. The Kier molecular flexibility index (Phi) is 8.11. The first-order valence-electron chi connectivity index (χ1n) is 9.07. The normalized spacial score (nSPS) is 19.5. The third-order valence-corrected chi connectivity index (χ3v) is 5.50. The molecule has 1 aromatic rings. The van der Waals surface area contributed by atoms with Gasteiger partial charge in [-0.3, -0.25) is 4.79 Å². The predicted molar refractivity (Wildman–Crippen MR) is 109 cm³/mol. The summed E-state index contributed by atoms with van der Waals surface area (Å²) in [5, 5.41) is 2.99. The van der Waals surface area contributed by atoms with Crippen LogP contribution in [-0.4, -0.2) is 34.5 Å². The van der Waals surface area contributed by atoms with Gasteiger partial charge in [0.05, 0.1) is 11.6 Å². The summed E-state index contributed by atoms with van der Waals surface area (Å²) in [5.74, 6) is 0.706. The number of halogens is 2. The molecule has 26 heavy (non-hydrogen) atoms. The van der Waals surface area contributed by atoms with Crippen molar-refractivity contribution >= 4 is 36.7 Å². The largest absolute Gasteiger partial charge is 0.348 e. The van der Waals surface area contributed by atoms with Crippen molar-refractivity contribution in [2.24, 2.45) is 5.73 Å². The van der Waals surface area contributed by atoms with Gasteiger partial charge in [-0.25, -0.2) is 9.97 Å². The van der Waals surface area contributed by atoms with E-state index in [9.17, 15) is 4.79 Å². The Labute approximate surface area is 168 Å². The van der Waals surface area contributed by atoms with E-state index in [2.05, 4.69) is 27.2 Å². The molecule has 3 rings (SSSR count). The summed E-state index contributed by atoms with van der Waals surface area (Å²) < 4.78 is 0. The molecule has 1 amide bonds. The van der Waals surface area contributed by atoms with E-state index in [0.717, 1.165) is 30.0 Å². The SMILES string of the molecule is Cc1nc(N(C)C2CCCCC2)ncc1C(C)NC(=O)C1(N)CC1.Cl.Cl. The number of aryl methyl sites for hydroxylation is 1. The van der Waals surface area contributed by atoms with Gasteiger partial charge >= 0.3 is 0 Å². The van der Waals surface area contributed by atoms with Crippen LogP contribution in [0.1, 0.15) is 69.2 Å². The van der Waals surface area contributed by atoms with Crippen LogP contribution in [0, 0.1) is 6.92 Å². The number of hydrogen-bond donors (Lipinski definition) is 2. The minimum atomic E-state index is -0.649. The molecule has 0 bridgehead atoms. The number of rotatable bonds is 5. The van der Waals surface area contributed by atoms with Gasteiger partial charge in [0.1, 0.15) is 0 Å². The van der Waals surface area contributed by atoms with Crippen molar-refractivity contribution in [2.45, 2.75) is 76.4 Å². The van der Waals surface area contributed by atoms with E-state index in [1.165, 1.54) is 32.1 Å². The second kappa shape index (κ2) is 9.20. The molecular weight excluding hydrogens is 373 g/mol. The van der Waals surface area contributed by atoms with Crippen LogP contribution in [0.4, 0.5) is 5.95 Å². The highest BCUT2D eigenvalue weighted by atomic mass is 35.5. The average molecular weight is 404 g/mol. The van der Waals surface area contributed by atoms with Crippen molar-refractivity contribution in [3.8, 4) is 0 Å². The molecule has 0 aromatic carbocycles. The molecule has 1 heterocycles. The van der Waals surface area contributed by atoms with Crippen molar-refractivity contribution in [2.75, 3.05) is 11.9 Å². The second-order valence-corrected chi connectivity index (χ2v) is 7.46. The van der Waals surface area contributed by atoms with E-state index < -0.39 is 5.54 Å². The van der Waals surface area contributed by atoms with Crippen LogP contribution in [0.5, 0.6) is 0 Å². The Morgan fingerprint density at radius 1 is 1.31 bits per heavy atom. The second-order valence-electron chi connectivity index (χ2n) is 7.46. The Morgan fingerprint density at radius 3 is 2.46 bits per heavy atom. The number of carbonyl (C=O) groups is 1. The van der Waals surface area contributed by atoms with Crippen LogP contribution in [0.3, 0.4) is 0 Å². The van der Waals surface area contributed by atoms with Crippen LogP contribution >= 0.6 is 24.8 Å². The van der Waals surface area contributed by atoms with E-state index in [1.807, 2.05) is 20.0 Å². The number of carbonyl (C=O) groups excluding carboxylic acids is 1. The Balaban J connectivity index is 0.00000169. The fourth-order valence-electron chi connectivity index (χ4n) is 3.47. The highest BCUT2D eigenvalue weighted by molar-refractivity contribution is 5.89. The highest BCUT2D eigenvalue weighted by Gasteiger charge is 2.46. The van der Waals surface area contributed by atoms with E-state index in [4.69, 9.17) is 5.73 Å². The maximum absolute atomic E-state index is 12.1. The lowest BCUT2D eigenvalue weighted by Crippen LogP contribution is -2.43. The van der Waals surface area contributed by atoms with Crippen molar-refractivity contribution in [1.29, 1.82) is 0 Å². The molecule has 1 atom stereocenters. The molecule has 3 N–H and O–H groups in total. The number of nitrogens with two attached hydrogens (primary N) is 1. The molecular formula is C18H31Cl2N5O. The minimum absolute atomic E-state index is 0. The van der Waals surface area contributed by atoms with Crippen molar-refractivity contribution in [1.82, 2.24) is 15.3 Å². The first-order chi connectivity index (χ1) is 11.4. The van der Waals surface area contributed by atoms with Crippen LogP contribution in [-0.2, 0) is 4.79 Å². The minimum Gasteiger partial charge on any atom is -0.348 e. The number of nitrogens with zero attached hydrogens (tertiary/aromatic N) is 3. The predicted octanol–water partition coefficient (Wildman–Crippen LogP) is 3.07. The number of nitrogens with one attached hydrogen (secondary N) is 1. The molecule has 148 valence electrons. The van der Waals surface area contributed by atoms with E-state index in [1.54, 1.807) is 0 Å². The van der Waals surface area contributed by atoms with Gasteiger partial charge in [-0.15, -0.1) is 24.8 Å². The van der Waals surface area contributed by atoms with Gasteiger partial charge in [0, 0.05) is 30.5 Å². The summed E-state index contributed by atoms with van der Waals surface area (Å²) >= 11 is 0. The van der Waals surface area contributed by atoms with Crippen molar-refractivity contribution in [3.63, 3.8) is 0 Å². The Morgan fingerprint density at radius 2 is 1.92 bits per heavy atom. The number of aromatic nitrogens is 2. The molecule has 2 aliphatic rings. The maximum Gasteiger partial charge on any atom is 0.240 e. The van der Waals surface area contributed by atoms with E-state index in [-0.39, 0.29) is 36.8 Å².